The fraction of sp³-hybridized carbons (Fsp3) is 0.794. The number of unbranched alkanes of at least 4 members (excludes halogenated alkanes) is 1. The SMILES string of the molecule is CC(=O)OCC1O[C@@H](OCCCCC(=O)CCOCC(COCCC(=O)NCCCO[C@@H]2OC(COC(C)=O)[C@H](C)[C@H](C)C2C)(COCCC(=O)NCCCO[C@@H]2OC(COC(C)=O)[C@H](C)[C@H](C)C2C)NC(=O)CCCC(=O)OCc2ccccc2)C(C)[C@@H](C)[C@H]1C. The van der Waals surface area contributed by atoms with Crippen LogP contribution in [0.3, 0.4) is 0 Å². The van der Waals surface area contributed by atoms with Gasteiger partial charge >= 0.3 is 23.9 Å². The second kappa shape index (κ2) is 43.0. The highest BCUT2D eigenvalue weighted by Crippen LogP contribution is 2.38. The van der Waals surface area contributed by atoms with Crippen LogP contribution >= 0.6 is 0 Å². The average Bonchev–Trinajstić information content (AvgIpc) is 3.14. The van der Waals surface area contributed by atoms with E-state index in [4.69, 9.17) is 61.6 Å². The average molecular weight is 1310 g/mol. The Morgan fingerprint density at radius 3 is 1.23 bits per heavy atom. The van der Waals surface area contributed by atoms with Crippen LogP contribution in [0.15, 0.2) is 30.3 Å². The number of nitrogens with one attached hydrogen (secondary N) is 3. The van der Waals surface area contributed by atoms with Crippen LogP contribution in [-0.4, -0.2) is 182 Å². The number of Topliss-reactive ketones (excluding diaryl/α,β-unsaturated/α-hetero) is 1. The first kappa shape index (κ1) is 79.3. The van der Waals surface area contributed by atoms with Crippen LogP contribution in [0.5, 0.6) is 0 Å². The molecule has 15 atom stereocenters. The first-order valence-corrected chi connectivity index (χ1v) is 33.4. The van der Waals surface area contributed by atoms with E-state index in [1.807, 2.05) is 30.3 Å². The van der Waals surface area contributed by atoms with Crippen molar-refractivity contribution < 1.29 is 99.9 Å². The van der Waals surface area contributed by atoms with E-state index in [2.05, 4.69) is 78.3 Å². The third-order valence-electron chi connectivity index (χ3n) is 18.3. The van der Waals surface area contributed by atoms with E-state index < -0.39 is 36.3 Å². The van der Waals surface area contributed by atoms with Gasteiger partial charge in [0.2, 0.25) is 17.7 Å². The minimum Gasteiger partial charge on any atom is -0.463 e. The molecule has 3 fully saturated rings. The molecule has 0 spiro atoms. The lowest BCUT2D eigenvalue weighted by Gasteiger charge is -2.43. The molecule has 24 nitrogen and oxygen atoms in total. The Kier molecular flexibility index (Phi) is 37.1. The molecule has 3 saturated heterocycles. The molecular formula is C68H111N3O21. The quantitative estimate of drug-likeness (QED) is 0.0326. The Morgan fingerprint density at radius 2 is 0.815 bits per heavy atom. The van der Waals surface area contributed by atoms with Gasteiger partial charge in [0.1, 0.15) is 37.7 Å². The van der Waals surface area contributed by atoms with Crippen LogP contribution in [0.4, 0.5) is 0 Å². The van der Waals surface area contributed by atoms with E-state index >= 15 is 0 Å². The van der Waals surface area contributed by atoms with Crippen molar-refractivity contribution in [1.29, 1.82) is 0 Å². The van der Waals surface area contributed by atoms with Gasteiger partial charge in [-0.25, -0.2) is 0 Å². The molecule has 0 radical (unpaired) electrons. The van der Waals surface area contributed by atoms with Gasteiger partial charge in [0.25, 0.3) is 0 Å². The maximum atomic E-state index is 13.9. The molecule has 1 aromatic carbocycles. The maximum absolute atomic E-state index is 13.9. The summed E-state index contributed by atoms with van der Waals surface area (Å²) in [5.74, 6) is -1.09. The molecule has 3 amide bonds. The van der Waals surface area contributed by atoms with Gasteiger partial charge in [-0.05, 0) is 73.2 Å². The van der Waals surface area contributed by atoms with E-state index in [-0.39, 0.29) is 218 Å². The summed E-state index contributed by atoms with van der Waals surface area (Å²) < 4.78 is 76.6. The Morgan fingerprint density at radius 1 is 0.413 bits per heavy atom. The zero-order valence-electron chi connectivity index (χ0n) is 57.0. The fourth-order valence-electron chi connectivity index (χ4n) is 11.2. The van der Waals surface area contributed by atoms with Crippen LogP contribution in [-0.2, 0) is 107 Å². The predicted molar refractivity (Wildman–Crippen MR) is 338 cm³/mol. The third-order valence-corrected chi connectivity index (χ3v) is 18.3. The van der Waals surface area contributed by atoms with Crippen molar-refractivity contribution in [2.24, 2.45) is 53.3 Å². The molecule has 524 valence electrons. The summed E-state index contributed by atoms with van der Waals surface area (Å²) in [6.07, 6.45) is 0.180. The van der Waals surface area contributed by atoms with Gasteiger partial charge < -0.3 is 77.5 Å². The number of hydrogen-bond donors (Lipinski definition) is 3. The minimum atomic E-state index is -1.38. The van der Waals surface area contributed by atoms with Crippen LogP contribution in [0.25, 0.3) is 0 Å². The first-order chi connectivity index (χ1) is 43.9. The number of rotatable bonds is 44. The molecule has 4 rings (SSSR count). The van der Waals surface area contributed by atoms with E-state index in [1.165, 1.54) is 20.8 Å². The number of benzene rings is 1. The second-order valence-electron chi connectivity index (χ2n) is 25.5. The highest BCUT2D eigenvalue weighted by molar-refractivity contribution is 5.79. The van der Waals surface area contributed by atoms with Crippen LogP contribution in [0.1, 0.15) is 159 Å². The molecule has 1 aromatic rings. The number of hydrogen-bond acceptors (Lipinski definition) is 21. The molecule has 3 aliphatic rings. The second-order valence-corrected chi connectivity index (χ2v) is 25.5. The Labute approximate surface area is 545 Å². The minimum absolute atomic E-state index is 0.00324. The van der Waals surface area contributed by atoms with Gasteiger partial charge in [0, 0.05) is 96.7 Å². The predicted octanol–water partition coefficient (Wildman–Crippen LogP) is 7.37. The molecule has 3 N–H and O–H groups in total. The highest BCUT2D eigenvalue weighted by atomic mass is 16.7. The van der Waals surface area contributed by atoms with Crippen molar-refractivity contribution in [2.75, 3.05) is 92.4 Å². The van der Waals surface area contributed by atoms with Crippen molar-refractivity contribution in [1.82, 2.24) is 16.0 Å². The smallest absolute Gasteiger partial charge is 0.306 e. The molecule has 92 heavy (non-hydrogen) atoms. The Balaban J connectivity index is 1.35. The zero-order chi connectivity index (χ0) is 67.6. The van der Waals surface area contributed by atoms with Crippen molar-refractivity contribution in [3.63, 3.8) is 0 Å². The maximum Gasteiger partial charge on any atom is 0.306 e. The molecule has 0 bridgehead atoms. The van der Waals surface area contributed by atoms with Gasteiger partial charge in [-0.2, -0.15) is 0 Å². The molecule has 3 aliphatic heterocycles. The number of carbonyl (C=O) groups is 8. The lowest BCUT2D eigenvalue weighted by Crippen LogP contribution is -2.58. The highest BCUT2D eigenvalue weighted by Gasteiger charge is 2.43. The van der Waals surface area contributed by atoms with Crippen molar-refractivity contribution in [3.8, 4) is 0 Å². The molecule has 6 unspecified atom stereocenters. The molecule has 0 aromatic heterocycles. The molecule has 3 heterocycles. The summed E-state index contributed by atoms with van der Waals surface area (Å²) >= 11 is 0. The summed E-state index contributed by atoms with van der Waals surface area (Å²) in [6.45, 7) is 24.4. The van der Waals surface area contributed by atoms with Crippen LogP contribution in [0.2, 0.25) is 0 Å². The van der Waals surface area contributed by atoms with Crippen molar-refractivity contribution in [3.05, 3.63) is 35.9 Å². The van der Waals surface area contributed by atoms with Crippen molar-refractivity contribution in [2.45, 2.75) is 203 Å². The van der Waals surface area contributed by atoms with Crippen LogP contribution < -0.4 is 16.0 Å². The van der Waals surface area contributed by atoms with E-state index in [0.717, 1.165) is 5.56 Å². The fourth-order valence-corrected chi connectivity index (χ4v) is 11.2. The van der Waals surface area contributed by atoms with E-state index in [1.54, 1.807) is 0 Å². The number of carbonyl (C=O) groups excluding carboxylic acids is 8. The Hall–Kier alpha value is -5.18. The molecule has 24 heteroatoms. The van der Waals surface area contributed by atoms with Crippen LogP contribution in [0, 0.1) is 53.3 Å². The van der Waals surface area contributed by atoms with Crippen molar-refractivity contribution >= 4 is 47.4 Å². The third kappa shape index (κ3) is 29.6. The summed E-state index contributed by atoms with van der Waals surface area (Å²) in [7, 11) is 0. The monoisotopic (exact) mass is 1310 g/mol. The molecular weight excluding hydrogens is 1190 g/mol. The number of ether oxygens (including phenoxy) is 13. The normalized spacial score (nSPS) is 27.0. The molecule has 0 saturated carbocycles. The lowest BCUT2D eigenvalue weighted by atomic mass is 9.79. The van der Waals surface area contributed by atoms with Gasteiger partial charge in [-0.15, -0.1) is 0 Å². The summed E-state index contributed by atoms with van der Waals surface area (Å²) in [4.78, 5) is 101. The number of ketones is 1. The number of esters is 4. The number of amides is 3. The van der Waals surface area contributed by atoms with Gasteiger partial charge in [0.05, 0.1) is 71.2 Å². The topological polar surface area (TPSA) is 293 Å². The zero-order valence-corrected chi connectivity index (χ0v) is 57.0. The molecule has 0 aliphatic carbocycles. The lowest BCUT2D eigenvalue weighted by molar-refractivity contribution is -0.255. The standard InChI is InChI=1S/C68H111N3O21/c1-44-47(4)58(38-86-53(10)72)90-65(50(44)7)83-31-17-16-23-57(75)26-34-80-41-68(71-63(78)24-18-25-64(79)89-37-56-21-14-13-15-22-56,42-81-35-27-61(76)69-29-19-32-84-66-51(8)45(2)48(5)59(91-66)39-87-54(11)73)43-82-36-28-62(77)70-30-20-33-85-67-52(9)46(3)49(6)60(92-67)40-88-55(12)74/h13-15,21-22,44-52,58-60,65-67H,16-20,23-43H2,1-12H3,(H,69,76)(H,70,77)(H,71,78)/t44-,45-,46-,47+,48+,49+,50?,51?,52?,58?,59?,60?,65+,66+,67+,68?/m0/s1. The first-order valence-electron chi connectivity index (χ1n) is 33.4. The van der Waals surface area contributed by atoms with Gasteiger partial charge in [0.15, 0.2) is 18.9 Å². The Bertz CT molecular complexity index is 2170. The van der Waals surface area contributed by atoms with Gasteiger partial charge in [-0.1, -0.05) is 92.6 Å². The van der Waals surface area contributed by atoms with Gasteiger partial charge in [-0.3, -0.25) is 38.4 Å². The summed E-state index contributed by atoms with van der Waals surface area (Å²) in [6, 6.07) is 9.25. The summed E-state index contributed by atoms with van der Waals surface area (Å²) in [5, 5.41) is 8.83. The van der Waals surface area contributed by atoms with E-state index in [9.17, 15) is 38.4 Å². The van der Waals surface area contributed by atoms with E-state index in [0.29, 0.717) is 58.6 Å². The largest absolute Gasteiger partial charge is 0.463 e. The summed E-state index contributed by atoms with van der Waals surface area (Å²) in [5.41, 5.74) is -0.553.